The second kappa shape index (κ2) is 7.83. The molecule has 0 atom stereocenters. The largest absolute Gasteiger partial charge is 0.381 e. The summed E-state index contributed by atoms with van der Waals surface area (Å²) >= 11 is 9.46. The van der Waals surface area contributed by atoms with Crippen molar-refractivity contribution in [2.45, 2.75) is 24.0 Å². The van der Waals surface area contributed by atoms with E-state index in [1.165, 1.54) is 5.56 Å². The van der Waals surface area contributed by atoms with E-state index in [4.69, 9.17) is 16.3 Å². The number of hydrogen-bond donors (Lipinski definition) is 1. The quantitative estimate of drug-likeness (QED) is 0.830. The molecule has 0 saturated carbocycles. The van der Waals surface area contributed by atoms with E-state index < -0.39 is 0 Å². The summed E-state index contributed by atoms with van der Waals surface area (Å²) in [6.45, 7) is 2.61. The van der Waals surface area contributed by atoms with Gasteiger partial charge >= 0.3 is 0 Å². The van der Waals surface area contributed by atoms with Crippen LogP contribution >= 0.6 is 34.7 Å². The molecule has 0 spiro atoms. The molecule has 0 radical (unpaired) electrons. The zero-order valence-corrected chi connectivity index (χ0v) is 15.4. The molecule has 1 fully saturated rings. The Morgan fingerprint density at radius 2 is 2.00 bits per heavy atom. The molecule has 1 aromatic carbocycles. The lowest BCUT2D eigenvalue weighted by Gasteiger charge is -2.35. The molecular weight excluding hydrogens is 350 g/mol. The molecule has 124 valence electrons. The van der Waals surface area contributed by atoms with Crippen LogP contribution in [-0.4, -0.2) is 41.0 Å². The minimum Gasteiger partial charge on any atom is -0.381 e. The Morgan fingerprint density at radius 1 is 1.26 bits per heavy atom. The molecule has 1 aromatic heterocycles. The number of ether oxygens (including phenoxy) is 1. The van der Waals surface area contributed by atoms with Gasteiger partial charge < -0.3 is 10.1 Å². The third-order valence-electron chi connectivity index (χ3n) is 4.13. The highest BCUT2D eigenvalue weighted by molar-refractivity contribution is 8.00. The van der Waals surface area contributed by atoms with Gasteiger partial charge in [-0.15, -0.1) is 10.2 Å². The average Bonchev–Trinajstić information content (AvgIpc) is 3.04. The van der Waals surface area contributed by atoms with Gasteiger partial charge in [0.25, 0.3) is 0 Å². The van der Waals surface area contributed by atoms with E-state index in [9.17, 15) is 0 Å². The molecule has 1 saturated heterocycles. The van der Waals surface area contributed by atoms with E-state index in [0.29, 0.717) is 0 Å². The van der Waals surface area contributed by atoms with Crippen molar-refractivity contribution in [3.63, 3.8) is 0 Å². The van der Waals surface area contributed by atoms with E-state index in [1.807, 2.05) is 36.0 Å². The number of thioether (sulfide) groups is 1. The molecule has 23 heavy (non-hydrogen) atoms. The summed E-state index contributed by atoms with van der Waals surface area (Å²) in [5, 5.41) is 14.7. The smallest absolute Gasteiger partial charge is 0.205 e. The Balaban J connectivity index is 1.57. The van der Waals surface area contributed by atoms with E-state index in [2.05, 4.69) is 21.8 Å². The Labute approximate surface area is 150 Å². The molecule has 1 N–H and O–H groups in total. The maximum Gasteiger partial charge on any atom is 0.205 e. The van der Waals surface area contributed by atoms with Crippen molar-refractivity contribution >= 4 is 39.8 Å². The van der Waals surface area contributed by atoms with Gasteiger partial charge in [0.15, 0.2) is 0 Å². The summed E-state index contributed by atoms with van der Waals surface area (Å²) in [6, 6.07) is 7.87. The lowest BCUT2D eigenvalue weighted by atomic mass is 9.99. The Bertz CT molecular complexity index is 627. The molecule has 4 nitrogen and oxygen atoms in total. The molecule has 0 aliphatic carbocycles. The first-order valence-electron chi connectivity index (χ1n) is 7.63. The normalized spacial score (nSPS) is 17.1. The van der Waals surface area contributed by atoms with E-state index >= 15 is 0 Å². The maximum atomic E-state index is 5.91. The van der Waals surface area contributed by atoms with Crippen LogP contribution in [0.1, 0.15) is 23.4 Å². The lowest BCUT2D eigenvalue weighted by Crippen LogP contribution is -2.39. The van der Waals surface area contributed by atoms with E-state index in [0.717, 1.165) is 54.2 Å². The van der Waals surface area contributed by atoms with Crippen molar-refractivity contribution in [2.75, 3.05) is 31.3 Å². The summed E-state index contributed by atoms with van der Waals surface area (Å²) in [5.41, 5.74) is 1.20. The number of rotatable bonds is 6. The third-order valence-corrected chi connectivity index (χ3v) is 6.69. The number of hydrogen-bond acceptors (Lipinski definition) is 6. The van der Waals surface area contributed by atoms with Crippen LogP contribution in [0, 0.1) is 0 Å². The Hall–Kier alpha value is -0.820. The second-order valence-electron chi connectivity index (χ2n) is 5.66. The minimum atomic E-state index is 0.250. The minimum absolute atomic E-state index is 0.250. The van der Waals surface area contributed by atoms with Crippen molar-refractivity contribution < 1.29 is 4.74 Å². The Kier molecular flexibility index (Phi) is 5.80. The zero-order valence-electron chi connectivity index (χ0n) is 13.0. The van der Waals surface area contributed by atoms with Crippen LogP contribution in [0.2, 0.25) is 5.02 Å². The van der Waals surface area contributed by atoms with Crippen LogP contribution in [0.3, 0.4) is 0 Å². The van der Waals surface area contributed by atoms with Gasteiger partial charge in [0.1, 0.15) is 5.01 Å². The molecular formula is C16H20ClN3OS2. The number of aromatic nitrogens is 2. The van der Waals surface area contributed by atoms with Gasteiger partial charge in [-0.25, -0.2) is 0 Å². The first kappa shape index (κ1) is 17.0. The molecule has 1 aliphatic rings. The van der Waals surface area contributed by atoms with E-state index in [-0.39, 0.29) is 4.75 Å². The van der Waals surface area contributed by atoms with Crippen molar-refractivity contribution in [2.24, 2.45) is 0 Å². The van der Waals surface area contributed by atoms with Crippen LogP contribution in [0.25, 0.3) is 0 Å². The lowest BCUT2D eigenvalue weighted by molar-refractivity contribution is 0.0802. The summed E-state index contributed by atoms with van der Waals surface area (Å²) in [5.74, 6) is 0. The summed E-state index contributed by atoms with van der Waals surface area (Å²) < 4.78 is 5.73. The molecule has 7 heteroatoms. The van der Waals surface area contributed by atoms with Crippen LogP contribution in [-0.2, 0) is 11.2 Å². The maximum absolute atomic E-state index is 5.91. The van der Waals surface area contributed by atoms with Crippen molar-refractivity contribution in [1.29, 1.82) is 0 Å². The molecule has 0 unspecified atom stereocenters. The summed E-state index contributed by atoms with van der Waals surface area (Å²) in [4.78, 5) is 0. The topological polar surface area (TPSA) is 47.0 Å². The van der Waals surface area contributed by atoms with E-state index in [1.54, 1.807) is 11.3 Å². The zero-order chi connectivity index (χ0) is 16.1. The van der Waals surface area contributed by atoms with Crippen LogP contribution < -0.4 is 5.32 Å². The van der Waals surface area contributed by atoms with Gasteiger partial charge in [-0.05, 0) is 36.8 Å². The first-order valence-corrected chi connectivity index (χ1v) is 10.0. The third kappa shape index (κ3) is 4.59. The van der Waals surface area contributed by atoms with Gasteiger partial charge in [-0.3, -0.25) is 0 Å². The van der Waals surface area contributed by atoms with Crippen LogP contribution in [0.4, 0.5) is 5.13 Å². The van der Waals surface area contributed by atoms with Crippen molar-refractivity contribution in [3.8, 4) is 0 Å². The number of nitrogens with zero attached hydrogens (tertiary/aromatic N) is 2. The molecule has 2 aromatic rings. The molecule has 3 rings (SSSR count). The van der Waals surface area contributed by atoms with Gasteiger partial charge in [0.2, 0.25) is 5.13 Å². The molecule has 0 bridgehead atoms. The fraction of sp³-hybridized carbons (Fsp3) is 0.500. The predicted molar refractivity (Wildman–Crippen MR) is 99.0 cm³/mol. The highest BCUT2D eigenvalue weighted by Gasteiger charge is 2.31. The Morgan fingerprint density at radius 3 is 2.70 bits per heavy atom. The van der Waals surface area contributed by atoms with Gasteiger partial charge in [0.05, 0.1) is 0 Å². The molecule has 0 amide bonds. The monoisotopic (exact) mass is 369 g/mol. The fourth-order valence-corrected chi connectivity index (χ4v) is 4.29. The second-order valence-corrected chi connectivity index (χ2v) is 8.43. The number of halogens is 1. The highest BCUT2D eigenvalue weighted by Crippen LogP contribution is 2.34. The first-order chi connectivity index (χ1) is 11.2. The summed E-state index contributed by atoms with van der Waals surface area (Å²) in [6.07, 6.45) is 5.13. The van der Waals surface area contributed by atoms with Crippen molar-refractivity contribution in [1.82, 2.24) is 10.2 Å². The average molecular weight is 370 g/mol. The molecule has 2 heterocycles. The highest BCUT2D eigenvalue weighted by atomic mass is 35.5. The van der Waals surface area contributed by atoms with Crippen LogP contribution in [0.15, 0.2) is 24.3 Å². The van der Waals surface area contributed by atoms with Gasteiger partial charge in [0, 0.05) is 35.9 Å². The summed E-state index contributed by atoms with van der Waals surface area (Å²) in [7, 11) is 0. The SMILES string of the molecule is CSC1(CNc2nnc(Cc3ccc(Cl)cc3)s2)CCOCC1. The fourth-order valence-electron chi connectivity index (χ4n) is 2.61. The number of benzene rings is 1. The standard InChI is InChI=1S/C16H20ClN3OS2/c1-22-16(6-8-21-9-7-16)11-18-15-20-19-14(23-15)10-12-2-4-13(17)5-3-12/h2-5H,6-11H2,1H3,(H,18,20). The number of anilines is 1. The van der Waals surface area contributed by atoms with Crippen molar-refractivity contribution in [3.05, 3.63) is 39.9 Å². The molecule has 1 aliphatic heterocycles. The van der Waals surface area contributed by atoms with Crippen LogP contribution in [0.5, 0.6) is 0 Å². The predicted octanol–water partition coefficient (Wildman–Crippen LogP) is 4.11. The van der Waals surface area contributed by atoms with Gasteiger partial charge in [-0.2, -0.15) is 11.8 Å². The number of nitrogens with one attached hydrogen (secondary N) is 1. The van der Waals surface area contributed by atoms with Gasteiger partial charge in [-0.1, -0.05) is 35.1 Å².